The lowest BCUT2D eigenvalue weighted by Crippen LogP contribution is -2.26. The van der Waals surface area contributed by atoms with Crippen LogP contribution < -0.4 is 10.6 Å². The van der Waals surface area contributed by atoms with Crippen LogP contribution in [-0.2, 0) is 9.53 Å². The second kappa shape index (κ2) is 8.05. The lowest BCUT2D eigenvalue weighted by molar-refractivity contribution is -0.112. The van der Waals surface area contributed by atoms with Crippen molar-refractivity contribution in [2.24, 2.45) is 0 Å². The number of carbonyl (C=O) groups excluding carboxylic acids is 3. The second-order valence-electron chi connectivity index (χ2n) is 7.52. The van der Waals surface area contributed by atoms with Crippen molar-refractivity contribution in [3.8, 4) is 23.0 Å². The van der Waals surface area contributed by atoms with Gasteiger partial charge in [0.25, 0.3) is 11.7 Å². The SMILES string of the molecule is O=C(NCC#Cc1ccc2c(c1)C(=O)C(=O)N2)OCC1c2ccccc2-c2ccccc21. The molecule has 0 saturated carbocycles. The van der Waals surface area contributed by atoms with Gasteiger partial charge in [-0.1, -0.05) is 60.4 Å². The van der Waals surface area contributed by atoms with Gasteiger partial charge in [-0.2, -0.15) is 0 Å². The second-order valence-corrected chi connectivity index (χ2v) is 7.52. The van der Waals surface area contributed by atoms with E-state index in [1.165, 1.54) is 11.1 Å². The molecule has 0 fully saturated rings. The number of rotatable bonds is 3. The van der Waals surface area contributed by atoms with Crippen LogP contribution >= 0.6 is 0 Å². The van der Waals surface area contributed by atoms with Crippen LogP contribution in [-0.4, -0.2) is 30.9 Å². The van der Waals surface area contributed by atoms with Crippen molar-refractivity contribution in [3.63, 3.8) is 0 Å². The first-order valence-corrected chi connectivity index (χ1v) is 10.2. The lowest BCUT2D eigenvalue weighted by Gasteiger charge is -2.14. The number of fused-ring (bicyclic) bond motifs is 4. The fourth-order valence-electron chi connectivity index (χ4n) is 4.13. The zero-order chi connectivity index (χ0) is 22.1. The Morgan fingerprint density at radius 3 is 2.34 bits per heavy atom. The molecular formula is C26H18N2O4. The molecule has 0 atom stereocenters. The van der Waals surface area contributed by atoms with Gasteiger partial charge in [-0.25, -0.2) is 4.79 Å². The fraction of sp³-hybridized carbons (Fsp3) is 0.115. The van der Waals surface area contributed by atoms with Gasteiger partial charge in [0, 0.05) is 11.5 Å². The highest BCUT2D eigenvalue weighted by atomic mass is 16.5. The number of nitrogens with one attached hydrogen (secondary N) is 2. The predicted molar refractivity (Wildman–Crippen MR) is 119 cm³/mol. The Morgan fingerprint density at radius 2 is 1.62 bits per heavy atom. The van der Waals surface area contributed by atoms with E-state index in [4.69, 9.17) is 4.74 Å². The van der Waals surface area contributed by atoms with Crippen LogP contribution in [0.25, 0.3) is 11.1 Å². The van der Waals surface area contributed by atoms with E-state index in [2.05, 4.69) is 46.7 Å². The number of amides is 2. The van der Waals surface area contributed by atoms with Crippen LogP contribution in [0.15, 0.2) is 66.7 Å². The van der Waals surface area contributed by atoms with E-state index >= 15 is 0 Å². The molecule has 1 aliphatic carbocycles. The highest BCUT2D eigenvalue weighted by molar-refractivity contribution is 6.51. The number of anilines is 1. The Balaban J connectivity index is 1.18. The molecule has 3 aromatic carbocycles. The highest BCUT2D eigenvalue weighted by Gasteiger charge is 2.29. The number of ether oxygens (including phenoxy) is 1. The average molecular weight is 422 g/mol. The van der Waals surface area contributed by atoms with Gasteiger partial charge in [-0.15, -0.1) is 0 Å². The molecule has 0 saturated heterocycles. The van der Waals surface area contributed by atoms with Crippen molar-refractivity contribution in [1.29, 1.82) is 0 Å². The first-order chi connectivity index (χ1) is 15.6. The van der Waals surface area contributed by atoms with Crippen molar-refractivity contribution in [2.45, 2.75) is 5.92 Å². The summed E-state index contributed by atoms with van der Waals surface area (Å²) in [5, 5.41) is 5.12. The quantitative estimate of drug-likeness (QED) is 0.498. The van der Waals surface area contributed by atoms with E-state index in [1.807, 2.05) is 24.3 Å². The minimum atomic E-state index is -0.637. The molecule has 3 aromatic rings. The summed E-state index contributed by atoms with van der Waals surface area (Å²) in [6.07, 6.45) is -0.542. The molecule has 2 amide bonds. The maximum atomic E-state index is 12.2. The van der Waals surface area contributed by atoms with E-state index in [-0.39, 0.29) is 19.1 Å². The molecule has 6 nitrogen and oxygen atoms in total. The molecule has 156 valence electrons. The molecule has 1 heterocycles. The van der Waals surface area contributed by atoms with Gasteiger partial charge >= 0.3 is 6.09 Å². The predicted octanol–water partition coefficient (Wildman–Crippen LogP) is 3.71. The van der Waals surface area contributed by atoms with Crippen LogP contribution in [0, 0.1) is 11.8 Å². The molecular weight excluding hydrogens is 404 g/mol. The summed E-state index contributed by atoms with van der Waals surface area (Å²) in [6.45, 7) is 0.333. The largest absolute Gasteiger partial charge is 0.449 e. The minimum absolute atomic E-state index is 0.000458. The van der Waals surface area contributed by atoms with Crippen LogP contribution in [0.3, 0.4) is 0 Å². The maximum Gasteiger partial charge on any atom is 0.407 e. The van der Waals surface area contributed by atoms with Gasteiger partial charge in [0.2, 0.25) is 0 Å². The Hall–Kier alpha value is -4.37. The van der Waals surface area contributed by atoms with Gasteiger partial charge < -0.3 is 15.4 Å². The molecule has 32 heavy (non-hydrogen) atoms. The molecule has 0 unspecified atom stereocenters. The normalized spacial score (nSPS) is 13.4. The van der Waals surface area contributed by atoms with E-state index < -0.39 is 17.8 Å². The summed E-state index contributed by atoms with van der Waals surface area (Å²) >= 11 is 0. The summed E-state index contributed by atoms with van der Waals surface area (Å²) < 4.78 is 5.47. The Bertz CT molecular complexity index is 1290. The van der Waals surface area contributed by atoms with Crippen molar-refractivity contribution < 1.29 is 19.1 Å². The van der Waals surface area contributed by atoms with Crippen LogP contribution in [0.1, 0.15) is 33.0 Å². The molecule has 2 aliphatic rings. The number of Topliss-reactive ketones (excluding diaryl/α,β-unsaturated/α-hetero) is 1. The molecule has 0 spiro atoms. The molecule has 0 aromatic heterocycles. The monoisotopic (exact) mass is 422 g/mol. The van der Waals surface area contributed by atoms with Gasteiger partial charge in [0.05, 0.1) is 17.8 Å². The Labute approximate surface area is 184 Å². The third-order valence-corrected chi connectivity index (χ3v) is 5.62. The van der Waals surface area contributed by atoms with Gasteiger partial charge in [-0.05, 0) is 40.5 Å². The third kappa shape index (κ3) is 3.50. The van der Waals surface area contributed by atoms with E-state index in [9.17, 15) is 14.4 Å². The van der Waals surface area contributed by atoms with E-state index in [0.29, 0.717) is 16.8 Å². The van der Waals surface area contributed by atoms with Crippen LogP contribution in [0.5, 0.6) is 0 Å². The van der Waals surface area contributed by atoms with Crippen molar-refractivity contribution >= 4 is 23.5 Å². The summed E-state index contributed by atoms with van der Waals surface area (Å²) in [5.74, 6) is 4.50. The fourth-order valence-corrected chi connectivity index (χ4v) is 4.13. The Kier molecular flexibility index (Phi) is 4.92. The van der Waals surface area contributed by atoms with Crippen LogP contribution in [0.4, 0.5) is 10.5 Å². The molecule has 0 bridgehead atoms. The number of carbonyl (C=O) groups is 3. The summed E-state index contributed by atoms with van der Waals surface area (Å²) in [5.41, 5.74) is 6.04. The molecule has 1 aliphatic heterocycles. The summed E-state index contributed by atoms with van der Waals surface area (Å²) in [7, 11) is 0. The van der Waals surface area contributed by atoms with E-state index in [0.717, 1.165) is 11.1 Å². The number of benzene rings is 3. The zero-order valence-corrected chi connectivity index (χ0v) is 17.0. The Morgan fingerprint density at radius 1 is 0.938 bits per heavy atom. The smallest absolute Gasteiger partial charge is 0.407 e. The van der Waals surface area contributed by atoms with Crippen molar-refractivity contribution in [3.05, 3.63) is 89.0 Å². The molecule has 6 heteroatoms. The molecule has 2 N–H and O–H groups in total. The van der Waals surface area contributed by atoms with Gasteiger partial charge in [0.15, 0.2) is 0 Å². The maximum absolute atomic E-state index is 12.2. The number of hydrogen-bond acceptors (Lipinski definition) is 4. The first kappa shape index (κ1) is 19.6. The number of ketones is 1. The standard InChI is InChI=1S/C26H18N2O4/c29-24-21-14-16(11-12-23(21)28-25(24)30)6-5-13-27-26(31)32-15-22-19-9-3-1-7-17(19)18-8-2-4-10-20(18)22/h1-4,7-12,14,22H,13,15H2,(H,27,31)(H,28,29,30). The summed E-state index contributed by atoms with van der Waals surface area (Å²) in [4.78, 5) is 35.4. The van der Waals surface area contributed by atoms with Gasteiger partial charge in [-0.3, -0.25) is 9.59 Å². The topological polar surface area (TPSA) is 84.5 Å². The highest BCUT2D eigenvalue weighted by Crippen LogP contribution is 2.44. The van der Waals surface area contributed by atoms with Crippen molar-refractivity contribution in [2.75, 3.05) is 18.5 Å². The zero-order valence-electron chi connectivity index (χ0n) is 17.0. The molecule has 5 rings (SSSR count). The van der Waals surface area contributed by atoms with E-state index in [1.54, 1.807) is 18.2 Å². The number of hydrogen-bond donors (Lipinski definition) is 2. The number of alkyl carbamates (subject to hydrolysis) is 1. The van der Waals surface area contributed by atoms with Crippen molar-refractivity contribution in [1.82, 2.24) is 5.32 Å². The summed E-state index contributed by atoms with van der Waals surface area (Å²) in [6, 6.07) is 21.2. The minimum Gasteiger partial charge on any atom is -0.449 e. The molecule has 0 radical (unpaired) electrons. The third-order valence-electron chi connectivity index (χ3n) is 5.62. The average Bonchev–Trinajstić information content (AvgIpc) is 3.29. The first-order valence-electron chi connectivity index (χ1n) is 10.2. The lowest BCUT2D eigenvalue weighted by atomic mass is 9.98. The van der Waals surface area contributed by atoms with Gasteiger partial charge in [0.1, 0.15) is 6.61 Å². The van der Waals surface area contributed by atoms with Crippen LogP contribution in [0.2, 0.25) is 0 Å².